The van der Waals surface area contributed by atoms with Crippen LogP contribution in [0.2, 0.25) is 0 Å². The van der Waals surface area contributed by atoms with Gasteiger partial charge in [0, 0.05) is 12.5 Å². The van der Waals surface area contributed by atoms with Crippen molar-refractivity contribution in [2.24, 2.45) is 5.92 Å². The van der Waals surface area contributed by atoms with Gasteiger partial charge in [-0.3, -0.25) is 5.32 Å². The van der Waals surface area contributed by atoms with Crippen molar-refractivity contribution < 1.29 is 14.6 Å². The highest BCUT2D eigenvalue weighted by atomic mass is 16.7. The van der Waals surface area contributed by atoms with E-state index in [1.54, 1.807) is 0 Å². The Morgan fingerprint density at radius 1 is 1.67 bits per heavy atom. The smallest absolute Gasteiger partial charge is 0.450 e. The summed E-state index contributed by atoms with van der Waals surface area (Å²) in [5.74, 6) is 0.536. The van der Waals surface area contributed by atoms with E-state index in [1.165, 1.54) is 0 Å². The average molecular weight is 169 g/mol. The van der Waals surface area contributed by atoms with Crippen LogP contribution in [-0.4, -0.2) is 23.5 Å². The summed E-state index contributed by atoms with van der Waals surface area (Å²) < 4.78 is 4.62. The topological polar surface area (TPSA) is 58.6 Å². The summed E-state index contributed by atoms with van der Waals surface area (Å²) in [6.45, 7) is 0. The van der Waals surface area contributed by atoms with E-state index in [2.05, 4.69) is 22.2 Å². The Morgan fingerprint density at radius 3 is 3.17 bits per heavy atom. The molecule has 0 bridgehead atoms. The molecule has 0 aromatic carbocycles. The molecule has 3 unspecified atom stereocenters. The van der Waals surface area contributed by atoms with Crippen LogP contribution < -0.4 is 5.32 Å². The molecule has 0 radical (unpaired) electrons. The van der Waals surface area contributed by atoms with E-state index in [0.29, 0.717) is 12.0 Å². The van der Waals surface area contributed by atoms with Crippen molar-refractivity contribution in [2.45, 2.75) is 25.1 Å². The predicted molar refractivity (Wildman–Crippen MR) is 41.7 cm³/mol. The van der Waals surface area contributed by atoms with Gasteiger partial charge in [0.1, 0.15) is 0 Å². The van der Waals surface area contributed by atoms with Crippen LogP contribution in [0.1, 0.15) is 12.8 Å². The third-order valence-electron chi connectivity index (χ3n) is 2.43. The first-order chi connectivity index (χ1) is 5.75. The highest BCUT2D eigenvalue weighted by Crippen LogP contribution is 2.30. The van der Waals surface area contributed by atoms with Crippen LogP contribution in [0.5, 0.6) is 0 Å². The van der Waals surface area contributed by atoms with Crippen molar-refractivity contribution >= 4 is 6.16 Å². The van der Waals surface area contributed by atoms with Gasteiger partial charge in [0.15, 0.2) is 6.23 Å². The lowest BCUT2D eigenvalue weighted by atomic mass is 10.0. The summed E-state index contributed by atoms with van der Waals surface area (Å²) in [5.41, 5.74) is 0. The minimum atomic E-state index is -1.20. The predicted octanol–water partition coefficient (Wildman–Crippen LogP) is 0.945. The first-order valence-corrected chi connectivity index (χ1v) is 4.08. The lowest BCUT2D eigenvalue weighted by molar-refractivity contribution is 0.0434. The maximum atomic E-state index is 10.2. The molecule has 2 aliphatic rings. The quantitative estimate of drug-likeness (QED) is 0.453. The van der Waals surface area contributed by atoms with Gasteiger partial charge >= 0.3 is 6.16 Å². The van der Waals surface area contributed by atoms with Gasteiger partial charge in [0.05, 0.1) is 0 Å². The molecule has 12 heavy (non-hydrogen) atoms. The van der Waals surface area contributed by atoms with E-state index in [0.717, 1.165) is 12.8 Å². The van der Waals surface area contributed by atoms with E-state index >= 15 is 0 Å². The molecule has 2 N–H and O–H groups in total. The van der Waals surface area contributed by atoms with E-state index in [9.17, 15) is 4.79 Å². The number of carboxylic acid groups (broad SMARTS) is 1. The first kappa shape index (κ1) is 7.61. The Morgan fingerprint density at radius 2 is 2.50 bits per heavy atom. The Labute approximate surface area is 70.2 Å². The van der Waals surface area contributed by atoms with Gasteiger partial charge in [-0.1, -0.05) is 12.2 Å². The van der Waals surface area contributed by atoms with Crippen LogP contribution in [0.3, 0.4) is 0 Å². The van der Waals surface area contributed by atoms with Gasteiger partial charge < -0.3 is 9.84 Å². The van der Waals surface area contributed by atoms with E-state index in [4.69, 9.17) is 5.11 Å². The molecule has 2 rings (SSSR count). The number of carbonyl (C=O) groups is 1. The number of hydrogen-bond donors (Lipinski definition) is 2. The van der Waals surface area contributed by atoms with Crippen molar-refractivity contribution in [1.29, 1.82) is 0 Å². The van der Waals surface area contributed by atoms with Crippen LogP contribution in [0.25, 0.3) is 0 Å². The molecular formula is C8H11NO3. The molecule has 1 heterocycles. The van der Waals surface area contributed by atoms with Crippen LogP contribution >= 0.6 is 0 Å². The van der Waals surface area contributed by atoms with Crippen molar-refractivity contribution in [1.82, 2.24) is 5.32 Å². The van der Waals surface area contributed by atoms with Gasteiger partial charge in [0.2, 0.25) is 0 Å². The fraction of sp³-hybridized carbons (Fsp3) is 0.625. The lowest BCUT2D eigenvalue weighted by Crippen LogP contribution is -2.31. The molecule has 0 aromatic heterocycles. The Kier molecular flexibility index (Phi) is 1.77. The molecule has 0 spiro atoms. The van der Waals surface area contributed by atoms with Crippen LogP contribution in [0, 0.1) is 5.92 Å². The van der Waals surface area contributed by atoms with Gasteiger partial charge in [-0.2, -0.15) is 0 Å². The molecule has 1 saturated heterocycles. The molecule has 1 aliphatic heterocycles. The summed E-state index contributed by atoms with van der Waals surface area (Å²) in [7, 11) is 0. The largest absolute Gasteiger partial charge is 0.507 e. The first-order valence-electron chi connectivity index (χ1n) is 4.08. The second-order valence-electron chi connectivity index (χ2n) is 3.22. The highest BCUT2D eigenvalue weighted by Gasteiger charge is 2.35. The fourth-order valence-corrected chi connectivity index (χ4v) is 1.90. The molecule has 0 saturated carbocycles. The fourth-order valence-electron chi connectivity index (χ4n) is 1.90. The average Bonchev–Trinajstić information content (AvgIpc) is 2.43. The maximum absolute atomic E-state index is 10.2. The third-order valence-corrected chi connectivity index (χ3v) is 2.43. The summed E-state index contributed by atoms with van der Waals surface area (Å²) in [6.07, 6.45) is 4.54. The molecule has 0 amide bonds. The number of fused-ring (bicyclic) bond motifs is 1. The molecule has 1 aliphatic carbocycles. The van der Waals surface area contributed by atoms with E-state index in [1.807, 2.05) is 0 Å². The number of rotatable bonds is 1. The monoisotopic (exact) mass is 169 g/mol. The van der Waals surface area contributed by atoms with Crippen molar-refractivity contribution in [3.63, 3.8) is 0 Å². The summed E-state index contributed by atoms with van der Waals surface area (Å²) in [4.78, 5) is 10.2. The second-order valence-corrected chi connectivity index (χ2v) is 3.22. The number of ether oxygens (including phenoxy) is 1. The lowest BCUT2D eigenvalue weighted by Gasteiger charge is -2.09. The summed E-state index contributed by atoms with van der Waals surface area (Å²) in [5, 5.41) is 11.5. The van der Waals surface area contributed by atoms with Gasteiger partial charge in [-0.05, 0) is 12.3 Å². The molecular weight excluding hydrogens is 158 g/mol. The number of hydrogen-bond acceptors (Lipinski definition) is 3. The molecule has 4 heteroatoms. The second kappa shape index (κ2) is 2.79. The standard InChI is InChI=1S/C8H11NO3/c10-8(11)12-7-4-5-2-1-3-6(5)9-7/h1,3,5-7,9H,2,4H2,(H,10,11). The zero-order valence-corrected chi connectivity index (χ0v) is 6.56. The normalized spacial score (nSPS) is 38.2. The van der Waals surface area contributed by atoms with Crippen LogP contribution in [0.4, 0.5) is 4.79 Å². The van der Waals surface area contributed by atoms with Crippen molar-refractivity contribution in [3.8, 4) is 0 Å². The molecule has 1 fully saturated rings. The molecule has 3 atom stereocenters. The highest BCUT2D eigenvalue weighted by molar-refractivity contribution is 5.57. The van der Waals surface area contributed by atoms with Gasteiger partial charge in [-0.25, -0.2) is 4.79 Å². The molecule has 4 nitrogen and oxygen atoms in total. The minimum absolute atomic E-state index is 0.303. The zero-order valence-electron chi connectivity index (χ0n) is 6.56. The molecule has 66 valence electrons. The minimum Gasteiger partial charge on any atom is -0.450 e. The number of allylic oxidation sites excluding steroid dienone is 1. The van der Waals surface area contributed by atoms with E-state index < -0.39 is 6.16 Å². The Bertz CT molecular complexity index is 226. The zero-order chi connectivity index (χ0) is 8.55. The SMILES string of the molecule is O=C(O)OC1CC2CC=CC2N1. The summed E-state index contributed by atoms with van der Waals surface area (Å²) in [6, 6.07) is 0.328. The maximum Gasteiger partial charge on any atom is 0.507 e. The van der Waals surface area contributed by atoms with Crippen LogP contribution in [0.15, 0.2) is 12.2 Å². The molecule has 0 aromatic rings. The Balaban J connectivity index is 1.90. The van der Waals surface area contributed by atoms with Crippen molar-refractivity contribution in [2.75, 3.05) is 0 Å². The number of nitrogens with one attached hydrogen (secondary N) is 1. The van der Waals surface area contributed by atoms with Gasteiger partial charge in [-0.15, -0.1) is 0 Å². The van der Waals surface area contributed by atoms with E-state index in [-0.39, 0.29) is 6.23 Å². The van der Waals surface area contributed by atoms with Crippen LogP contribution in [-0.2, 0) is 4.74 Å². The Hall–Kier alpha value is -1.03. The third kappa shape index (κ3) is 1.30. The van der Waals surface area contributed by atoms with Crippen molar-refractivity contribution in [3.05, 3.63) is 12.2 Å². The summed E-state index contributed by atoms with van der Waals surface area (Å²) >= 11 is 0. The van der Waals surface area contributed by atoms with Gasteiger partial charge in [0.25, 0.3) is 0 Å².